The first kappa shape index (κ1) is 15.3. The predicted molar refractivity (Wildman–Crippen MR) is 79.2 cm³/mol. The van der Waals surface area contributed by atoms with Gasteiger partial charge >= 0.3 is 0 Å². The maximum atomic E-state index is 11.9. The molecule has 2 rings (SSSR count). The van der Waals surface area contributed by atoms with E-state index in [1.54, 1.807) is 0 Å². The fourth-order valence-electron chi connectivity index (χ4n) is 3.24. The Morgan fingerprint density at radius 3 is 2.53 bits per heavy atom. The van der Waals surface area contributed by atoms with Crippen molar-refractivity contribution in [2.24, 2.45) is 0 Å². The number of fused-ring (bicyclic) bond motifs is 1. The molecule has 0 aromatic rings. The molecule has 2 heterocycles. The Morgan fingerprint density at radius 1 is 1.21 bits per heavy atom. The summed E-state index contributed by atoms with van der Waals surface area (Å²) in [6.45, 7) is 9.91. The molecule has 5 heteroatoms. The minimum atomic E-state index is -3.01. The fraction of sp³-hybridized carbons (Fsp3) is 1.00. The molecule has 19 heavy (non-hydrogen) atoms. The molecule has 112 valence electrons. The van der Waals surface area contributed by atoms with Crippen LogP contribution in [0, 0.1) is 0 Å². The van der Waals surface area contributed by atoms with Gasteiger partial charge in [0.2, 0.25) is 0 Å². The minimum Gasteiger partial charge on any atom is -0.298 e. The normalized spacial score (nSPS) is 31.2. The molecule has 0 aliphatic carbocycles. The molecule has 0 aromatic heterocycles. The van der Waals surface area contributed by atoms with Crippen molar-refractivity contribution in [2.45, 2.75) is 56.9 Å². The SMILES string of the molecule is CC1CN2CCCCC2CN1CC(C)(C)S(C)(=O)=O. The lowest BCUT2D eigenvalue weighted by molar-refractivity contribution is 0.0118. The average molecular weight is 288 g/mol. The zero-order chi connectivity index (χ0) is 14.3. The van der Waals surface area contributed by atoms with Crippen LogP contribution >= 0.6 is 0 Å². The number of hydrogen-bond donors (Lipinski definition) is 0. The van der Waals surface area contributed by atoms with Crippen molar-refractivity contribution in [3.8, 4) is 0 Å². The Labute approximate surface area is 118 Å². The van der Waals surface area contributed by atoms with E-state index in [1.165, 1.54) is 32.1 Å². The van der Waals surface area contributed by atoms with E-state index in [-0.39, 0.29) is 0 Å². The van der Waals surface area contributed by atoms with E-state index < -0.39 is 14.6 Å². The van der Waals surface area contributed by atoms with Gasteiger partial charge in [-0.15, -0.1) is 0 Å². The van der Waals surface area contributed by atoms with E-state index in [1.807, 2.05) is 13.8 Å². The van der Waals surface area contributed by atoms with Crippen molar-refractivity contribution in [1.29, 1.82) is 0 Å². The van der Waals surface area contributed by atoms with Crippen molar-refractivity contribution in [1.82, 2.24) is 9.80 Å². The predicted octanol–water partition coefficient (Wildman–Crippen LogP) is 1.37. The molecule has 0 bridgehead atoms. The highest BCUT2D eigenvalue weighted by molar-refractivity contribution is 7.92. The molecule has 0 N–H and O–H groups in total. The Balaban J connectivity index is 2.05. The minimum absolute atomic E-state index is 0.454. The van der Waals surface area contributed by atoms with E-state index in [2.05, 4.69) is 16.7 Å². The van der Waals surface area contributed by atoms with Gasteiger partial charge in [-0.05, 0) is 40.2 Å². The van der Waals surface area contributed by atoms with Crippen molar-refractivity contribution < 1.29 is 8.42 Å². The molecule has 2 aliphatic heterocycles. The van der Waals surface area contributed by atoms with E-state index in [0.717, 1.165) is 13.1 Å². The third-order valence-electron chi connectivity index (χ3n) is 4.90. The molecule has 4 nitrogen and oxygen atoms in total. The highest BCUT2D eigenvalue weighted by atomic mass is 32.2. The number of piperazine rings is 1. The largest absolute Gasteiger partial charge is 0.298 e. The summed E-state index contributed by atoms with van der Waals surface area (Å²) in [6.07, 6.45) is 5.26. The zero-order valence-electron chi connectivity index (χ0n) is 12.7. The van der Waals surface area contributed by atoms with E-state index >= 15 is 0 Å². The molecular formula is C14H28N2O2S. The van der Waals surface area contributed by atoms with Gasteiger partial charge in [0.15, 0.2) is 9.84 Å². The molecular weight excluding hydrogens is 260 g/mol. The third-order valence-corrected chi connectivity index (χ3v) is 7.04. The van der Waals surface area contributed by atoms with Crippen LogP contribution in [0.1, 0.15) is 40.0 Å². The lowest BCUT2D eigenvalue weighted by Crippen LogP contribution is -2.61. The first-order chi connectivity index (χ1) is 8.71. The Morgan fingerprint density at radius 2 is 1.89 bits per heavy atom. The number of hydrogen-bond acceptors (Lipinski definition) is 4. The van der Waals surface area contributed by atoms with Crippen LogP contribution in [0.4, 0.5) is 0 Å². The maximum absolute atomic E-state index is 11.9. The lowest BCUT2D eigenvalue weighted by atomic mass is 9.96. The van der Waals surface area contributed by atoms with Gasteiger partial charge in [0, 0.05) is 38.0 Å². The first-order valence-electron chi connectivity index (χ1n) is 7.38. The Bertz CT molecular complexity index is 419. The molecule has 2 aliphatic rings. The lowest BCUT2D eigenvalue weighted by Gasteiger charge is -2.49. The van der Waals surface area contributed by atoms with Crippen molar-refractivity contribution >= 4 is 9.84 Å². The number of nitrogens with zero attached hydrogens (tertiary/aromatic N) is 2. The molecule has 0 saturated carbocycles. The van der Waals surface area contributed by atoms with Crippen LogP contribution in [0.15, 0.2) is 0 Å². The summed E-state index contributed by atoms with van der Waals surface area (Å²) >= 11 is 0. The van der Waals surface area contributed by atoms with Gasteiger partial charge in [0.05, 0.1) is 4.75 Å². The molecule has 2 unspecified atom stereocenters. The first-order valence-corrected chi connectivity index (χ1v) is 9.27. The molecule has 0 amide bonds. The van der Waals surface area contributed by atoms with Crippen molar-refractivity contribution in [2.75, 3.05) is 32.4 Å². The second-order valence-corrected chi connectivity index (χ2v) is 9.60. The van der Waals surface area contributed by atoms with Crippen LogP contribution in [0.2, 0.25) is 0 Å². The van der Waals surface area contributed by atoms with Crippen molar-refractivity contribution in [3.05, 3.63) is 0 Å². The Kier molecular flexibility index (Phi) is 4.29. The van der Waals surface area contributed by atoms with E-state index in [4.69, 9.17) is 0 Å². The van der Waals surface area contributed by atoms with Crippen LogP contribution in [0.5, 0.6) is 0 Å². The second kappa shape index (κ2) is 5.34. The smallest absolute Gasteiger partial charge is 0.153 e. The van der Waals surface area contributed by atoms with E-state index in [0.29, 0.717) is 18.6 Å². The van der Waals surface area contributed by atoms with Crippen LogP contribution in [0.25, 0.3) is 0 Å². The van der Waals surface area contributed by atoms with Gasteiger partial charge in [-0.2, -0.15) is 0 Å². The van der Waals surface area contributed by atoms with Crippen LogP contribution in [-0.4, -0.2) is 67.5 Å². The van der Waals surface area contributed by atoms with Gasteiger partial charge in [-0.1, -0.05) is 6.42 Å². The maximum Gasteiger partial charge on any atom is 0.153 e. The van der Waals surface area contributed by atoms with Gasteiger partial charge in [-0.3, -0.25) is 9.80 Å². The number of rotatable bonds is 3. The van der Waals surface area contributed by atoms with Gasteiger partial charge in [0.1, 0.15) is 0 Å². The van der Waals surface area contributed by atoms with Gasteiger partial charge < -0.3 is 0 Å². The molecule has 0 radical (unpaired) electrons. The van der Waals surface area contributed by atoms with Crippen molar-refractivity contribution in [3.63, 3.8) is 0 Å². The second-order valence-electron chi connectivity index (χ2n) is 6.95. The molecule has 2 atom stereocenters. The monoisotopic (exact) mass is 288 g/mol. The summed E-state index contributed by atoms with van der Waals surface area (Å²) in [5.41, 5.74) is 0. The summed E-state index contributed by atoms with van der Waals surface area (Å²) in [5.74, 6) is 0. The molecule has 0 aromatic carbocycles. The van der Waals surface area contributed by atoms with Crippen LogP contribution in [-0.2, 0) is 9.84 Å². The molecule has 0 spiro atoms. The topological polar surface area (TPSA) is 40.6 Å². The quantitative estimate of drug-likeness (QED) is 0.786. The van der Waals surface area contributed by atoms with Gasteiger partial charge in [0.25, 0.3) is 0 Å². The summed E-state index contributed by atoms with van der Waals surface area (Å²) < 4.78 is 23.1. The van der Waals surface area contributed by atoms with Gasteiger partial charge in [-0.25, -0.2) is 8.42 Å². The summed E-state index contributed by atoms with van der Waals surface area (Å²) in [4.78, 5) is 4.98. The van der Waals surface area contributed by atoms with Crippen LogP contribution in [0.3, 0.4) is 0 Å². The summed E-state index contributed by atoms with van der Waals surface area (Å²) in [6, 6.07) is 1.09. The third kappa shape index (κ3) is 3.31. The summed E-state index contributed by atoms with van der Waals surface area (Å²) in [5, 5.41) is 0. The number of sulfone groups is 1. The highest BCUT2D eigenvalue weighted by Gasteiger charge is 2.38. The van der Waals surface area contributed by atoms with E-state index in [9.17, 15) is 8.42 Å². The molecule has 2 saturated heterocycles. The standard InChI is InChI=1S/C14H28N2O2S/c1-12-9-15-8-6-5-7-13(15)10-16(12)11-14(2,3)19(4,17)18/h12-13H,5-11H2,1-4H3. The number of piperidine rings is 1. The van der Waals surface area contributed by atoms with Crippen LogP contribution < -0.4 is 0 Å². The average Bonchev–Trinajstić information content (AvgIpc) is 2.28. The highest BCUT2D eigenvalue weighted by Crippen LogP contribution is 2.26. The summed E-state index contributed by atoms with van der Waals surface area (Å²) in [7, 11) is -3.01. The zero-order valence-corrected chi connectivity index (χ0v) is 13.5. The fourth-order valence-corrected chi connectivity index (χ4v) is 3.64. The Hall–Kier alpha value is -0.130. The molecule has 2 fully saturated rings.